The number of carbonyl (C=O) groups excluding carboxylic acids is 1. The molecule has 3 heterocycles. The van der Waals surface area contributed by atoms with Gasteiger partial charge in [-0.3, -0.25) is 5.10 Å². The SMILES string of the molecule is COC(=O)c1cc(N)nc(N2CCCC(c3ccn[nH]3)C2)n1. The molecule has 22 heavy (non-hydrogen) atoms. The van der Waals surface area contributed by atoms with E-state index in [9.17, 15) is 4.79 Å². The van der Waals surface area contributed by atoms with Gasteiger partial charge in [-0.1, -0.05) is 0 Å². The van der Waals surface area contributed by atoms with Crippen molar-refractivity contribution in [2.24, 2.45) is 0 Å². The Hall–Kier alpha value is -2.64. The fraction of sp³-hybridized carbons (Fsp3) is 0.429. The Kier molecular flexibility index (Phi) is 3.90. The minimum atomic E-state index is -0.516. The molecule has 2 aromatic heterocycles. The first kappa shape index (κ1) is 14.3. The number of nitrogens with one attached hydrogen (secondary N) is 1. The predicted molar refractivity (Wildman–Crippen MR) is 80.6 cm³/mol. The third-order valence-electron chi connectivity index (χ3n) is 3.80. The zero-order valence-electron chi connectivity index (χ0n) is 12.3. The number of rotatable bonds is 3. The number of esters is 1. The van der Waals surface area contributed by atoms with Gasteiger partial charge in [0.05, 0.1) is 7.11 Å². The monoisotopic (exact) mass is 302 g/mol. The lowest BCUT2D eigenvalue weighted by atomic mass is 9.95. The van der Waals surface area contributed by atoms with E-state index in [1.165, 1.54) is 13.2 Å². The van der Waals surface area contributed by atoms with E-state index in [4.69, 9.17) is 10.5 Å². The molecule has 1 saturated heterocycles. The molecule has 0 amide bonds. The number of aromatic nitrogens is 4. The van der Waals surface area contributed by atoms with Crippen LogP contribution in [0.2, 0.25) is 0 Å². The highest BCUT2D eigenvalue weighted by atomic mass is 16.5. The van der Waals surface area contributed by atoms with Crippen LogP contribution in [0.15, 0.2) is 18.3 Å². The molecule has 1 aliphatic heterocycles. The lowest BCUT2D eigenvalue weighted by Crippen LogP contribution is -2.36. The van der Waals surface area contributed by atoms with Crippen LogP contribution in [0.3, 0.4) is 0 Å². The fourth-order valence-corrected chi connectivity index (χ4v) is 2.71. The quantitative estimate of drug-likeness (QED) is 0.812. The van der Waals surface area contributed by atoms with Gasteiger partial charge in [0.1, 0.15) is 5.82 Å². The van der Waals surface area contributed by atoms with E-state index < -0.39 is 5.97 Å². The molecule has 116 valence electrons. The van der Waals surface area contributed by atoms with Crippen LogP contribution in [0.1, 0.15) is 34.9 Å². The van der Waals surface area contributed by atoms with Crippen LogP contribution < -0.4 is 10.6 Å². The highest BCUT2D eigenvalue weighted by Crippen LogP contribution is 2.27. The number of nitrogen functional groups attached to an aromatic ring is 1. The van der Waals surface area contributed by atoms with Crippen LogP contribution in [0.5, 0.6) is 0 Å². The molecule has 3 N–H and O–H groups in total. The average molecular weight is 302 g/mol. The maximum atomic E-state index is 11.7. The van der Waals surface area contributed by atoms with E-state index in [2.05, 4.69) is 20.2 Å². The van der Waals surface area contributed by atoms with Gasteiger partial charge in [-0.05, 0) is 18.9 Å². The summed E-state index contributed by atoms with van der Waals surface area (Å²) in [5.74, 6) is 0.541. The summed E-state index contributed by atoms with van der Waals surface area (Å²) in [6.07, 6.45) is 3.83. The predicted octanol–water partition coefficient (Wildman–Crippen LogP) is 0.952. The molecule has 1 atom stereocenters. The van der Waals surface area contributed by atoms with Gasteiger partial charge in [-0.15, -0.1) is 0 Å². The molecule has 3 rings (SSSR count). The Labute approximate surface area is 127 Å². The van der Waals surface area contributed by atoms with E-state index in [-0.39, 0.29) is 11.5 Å². The lowest BCUT2D eigenvalue weighted by molar-refractivity contribution is 0.0594. The minimum Gasteiger partial charge on any atom is -0.464 e. The molecule has 0 saturated carbocycles. The zero-order chi connectivity index (χ0) is 15.5. The number of hydrogen-bond donors (Lipinski definition) is 2. The van der Waals surface area contributed by atoms with Crippen molar-refractivity contribution in [1.29, 1.82) is 0 Å². The van der Waals surface area contributed by atoms with Crippen molar-refractivity contribution in [3.05, 3.63) is 29.7 Å². The molecular formula is C14H18N6O2. The summed E-state index contributed by atoms with van der Waals surface area (Å²) in [4.78, 5) is 22.2. The number of piperidine rings is 1. The smallest absolute Gasteiger partial charge is 0.356 e. The Morgan fingerprint density at radius 3 is 3.09 bits per heavy atom. The molecule has 0 aromatic carbocycles. The number of methoxy groups -OCH3 is 1. The van der Waals surface area contributed by atoms with Gasteiger partial charge in [-0.25, -0.2) is 9.78 Å². The Morgan fingerprint density at radius 2 is 2.36 bits per heavy atom. The van der Waals surface area contributed by atoms with E-state index >= 15 is 0 Å². The first-order chi connectivity index (χ1) is 10.7. The Bertz CT molecular complexity index is 657. The van der Waals surface area contributed by atoms with Crippen LogP contribution in [-0.2, 0) is 4.74 Å². The van der Waals surface area contributed by atoms with Gasteiger partial charge in [0.25, 0.3) is 0 Å². The summed E-state index contributed by atoms with van der Waals surface area (Å²) >= 11 is 0. The van der Waals surface area contributed by atoms with Crippen molar-refractivity contribution < 1.29 is 9.53 Å². The van der Waals surface area contributed by atoms with E-state index in [1.807, 2.05) is 11.0 Å². The molecule has 2 aromatic rings. The summed E-state index contributed by atoms with van der Waals surface area (Å²) in [5, 5.41) is 7.01. The number of nitrogens with two attached hydrogens (primary N) is 1. The van der Waals surface area contributed by atoms with Crippen molar-refractivity contribution >= 4 is 17.7 Å². The first-order valence-corrected chi connectivity index (χ1v) is 7.14. The second-order valence-electron chi connectivity index (χ2n) is 5.27. The first-order valence-electron chi connectivity index (χ1n) is 7.14. The molecule has 1 fully saturated rings. The number of carbonyl (C=O) groups is 1. The zero-order valence-corrected chi connectivity index (χ0v) is 12.3. The molecule has 8 nitrogen and oxygen atoms in total. The molecule has 1 aliphatic rings. The van der Waals surface area contributed by atoms with Gasteiger partial charge in [0.2, 0.25) is 5.95 Å². The average Bonchev–Trinajstić information content (AvgIpc) is 3.08. The van der Waals surface area contributed by atoms with Gasteiger partial charge >= 0.3 is 5.97 Å². The van der Waals surface area contributed by atoms with Gasteiger partial charge in [0.15, 0.2) is 5.69 Å². The fourth-order valence-electron chi connectivity index (χ4n) is 2.71. The normalized spacial score (nSPS) is 18.2. The van der Waals surface area contributed by atoms with Gasteiger partial charge in [0, 0.05) is 37.0 Å². The van der Waals surface area contributed by atoms with E-state index in [1.54, 1.807) is 6.20 Å². The van der Waals surface area contributed by atoms with Crippen molar-refractivity contribution in [3.63, 3.8) is 0 Å². The molecule has 0 bridgehead atoms. The Balaban J connectivity index is 1.84. The lowest BCUT2D eigenvalue weighted by Gasteiger charge is -2.32. The number of anilines is 2. The summed E-state index contributed by atoms with van der Waals surface area (Å²) in [7, 11) is 1.31. The molecule has 1 unspecified atom stereocenters. The Morgan fingerprint density at radius 1 is 1.50 bits per heavy atom. The maximum Gasteiger partial charge on any atom is 0.356 e. The summed E-state index contributed by atoms with van der Waals surface area (Å²) in [6.45, 7) is 1.58. The van der Waals surface area contributed by atoms with Gasteiger partial charge in [-0.2, -0.15) is 10.1 Å². The van der Waals surface area contributed by atoms with Gasteiger partial charge < -0.3 is 15.4 Å². The molecular weight excluding hydrogens is 284 g/mol. The number of hydrogen-bond acceptors (Lipinski definition) is 7. The number of ether oxygens (including phenoxy) is 1. The molecule has 0 aliphatic carbocycles. The highest BCUT2D eigenvalue weighted by molar-refractivity contribution is 5.88. The molecule has 0 spiro atoms. The number of aromatic amines is 1. The summed E-state index contributed by atoms with van der Waals surface area (Å²) in [6, 6.07) is 3.40. The standard InChI is InChI=1S/C14H18N6O2/c1-22-13(21)11-7-12(15)18-14(17-11)20-6-2-3-9(8-20)10-4-5-16-19-10/h4-5,7,9H,2-3,6,8H2,1H3,(H,16,19)(H2,15,17,18). The van der Waals surface area contributed by atoms with Crippen molar-refractivity contribution in [3.8, 4) is 0 Å². The van der Waals surface area contributed by atoms with Crippen LogP contribution in [-0.4, -0.2) is 46.3 Å². The summed E-state index contributed by atoms with van der Waals surface area (Å²) in [5.41, 5.74) is 7.06. The largest absolute Gasteiger partial charge is 0.464 e. The molecule has 8 heteroatoms. The third kappa shape index (κ3) is 2.85. The van der Waals surface area contributed by atoms with Crippen molar-refractivity contribution in [2.75, 3.05) is 30.8 Å². The van der Waals surface area contributed by atoms with E-state index in [0.717, 1.165) is 31.6 Å². The van der Waals surface area contributed by atoms with Crippen LogP contribution >= 0.6 is 0 Å². The van der Waals surface area contributed by atoms with Crippen molar-refractivity contribution in [2.45, 2.75) is 18.8 Å². The highest BCUT2D eigenvalue weighted by Gasteiger charge is 2.25. The van der Waals surface area contributed by atoms with Crippen LogP contribution in [0.25, 0.3) is 0 Å². The summed E-state index contributed by atoms with van der Waals surface area (Å²) < 4.78 is 4.70. The van der Waals surface area contributed by atoms with E-state index in [0.29, 0.717) is 11.9 Å². The topological polar surface area (TPSA) is 110 Å². The van der Waals surface area contributed by atoms with Crippen LogP contribution in [0, 0.1) is 0 Å². The maximum absolute atomic E-state index is 11.7. The third-order valence-corrected chi connectivity index (χ3v) is 3.80. The minimum absolute atomic E-state index is 0.175. The second kappa shape index (κ2) is 6.00. The van der Waals surface area contributed by atoms with Crippen LogP contribution in [0.4, 0.5) is 11.8 Å². The number of nitrogens with zero attached hydrogens (tertiary/aromatic N) is 4. The molecule has 0 radical (unpaired) electrons. The van der Waals surface area contributed by atoms with Crippen molar-refractivity contribution in [1.82, 2.24) is 20.2 Å². The second-order valence-corrected chi connectivity index (χ2v) is 5.27. The number of H-pyrrole nitrogens is 1.